The fraction of sp³-hybridized carbons (Fsp3) is 0.421. The molecule has 1 aromatic rings. The summed E-state index contributed by atoms with van der Waals surface area (Å²) in [7, 11) is 0. The number of benzene rings is 1. The van der Waals surface area contributed by atoms with E-state index in [1.54, 1.807) is 23.1 Å². The highest BCUT2D eigenvalue weighted by Gasteiger charge is 2.22. The number of carbonyl (C=O) groups excluding carboxylic acids is 2. The largest absolute Gasteiger partial charge is 0.484 e. The number of nitriles is 1. The fourth-order valence-corrected chi connectivity index (χ4v) is 2.63. The maximum atomic E-state index is 12.3. The smallest absolute Gasteiger partial charge is 0.260 e. The topological polar surface area (TPSA) is 85.7 Å². The molecule has 138 valence electrons. The monoisotopic (exact) mass is 356 g/mol. The van der Waals surface area contributed by atoms with Crippen molar-refractivity contribution in [3.8, 4) is 11.8 Å². The molecule has 1 heterocycles. The maximum Gasteiger partial charge on any atom is 0.260 e. The molecule has 0 unspecified atom stereocenters. The molecule has 0 aliphatic carbocycles. The van der Waals surface area contributed by atoms with Crippen LogP contribution in [-0.4, -0.2) is 67.5 Å². The Labute approximate surface area is 153 Å². The third-order valence-electron chi connectivity index (χ3n) is 4.10. The van der Waals surface area contributed by atoms with E-state index in [2.05, 4.69) is 18.0 Å². The van der Waals surface area contributed by atoms with Crippen molar-refractivity contribution in [3.05, 3.63) is 42.5 Å². The number of nitrogens with one attached hydrogen (secondary N) is 1. The summed E-state index contributed by atoms with van der Waals surface area (Å²) in [6, 6.07) is 9.25. The first-order valence-electron chi connectivity index (χ1n) is 8.59. The molecule has 0 radical (unpaired) electrons. The number of ether oxygens (including phenoxy) is 1. The molecule has 1 aromatic carbocycles. The Morgan fingerprint density at radius 3 is 2.54 bits per heavy atom. The molecule has 26 heavy (non-hydrogen) atoms. The number of rotatable bonds is 8. The zero-order chi connectivity index (χ0) is 18.8. The summed E-state index contributed by atoms with van der Waals surface area (Å²) in [4.78, 5) is 27.7. The summed E-state index contributed by atoms with van der Waals surface area (Å²) < 4.78 is 5.53. The average molecular weight is 356 g/mol. The van der Waals surface area contributed by atoms with Gasteiger partial charge in [-0.1, -0.05) is 18.2 Å². The molecule has 0 saturated carbocycles. The van der Waals surface area contributed by atoms with Gasteiger partial charge in [0.05, 0.1) is 19.0 Å². The Kier molecular flexibility index (Phi) is 7.65. The van der Waals surface area contributed by atoms with Crippen molar-refractivity contribution in [1.29, 1.82) is 5.26 Å². The van der Waals surface area contributed by atoms with E-state index >= 15 is 0 Å². The highest BCUT2D eigenvalue weighted by atomic mass is 16.5. The van der Waals surface area contributed by atoms with Gasteiger partial charge in [-0.25, -0.2) is 0 Å². The number of carbonyl (C=O) groups is 2. The van der Waals surface area contributed by atoms with E-state index in [9.17, 15) is 9.59 Å². The molecule has 0 bridgehead atoms. The van der Waals surface area contributed by atoms with Crippen LogP contribution < -0.4 is 10.1 Å². The van der Waals surface area contributed by atoms with Crippen molar-refractivity contribution in [1.82, 2.24) is 15.1 Å². The van der Waals surface area contributed by atoms with Crippen LogP contribution in [0.3, 0.4) is 0 Å². The van der Waals surface area contributed by atoms with Crippen LogP contribution in [0.2, 0.25) is 0 Å². The number of hydrogen-bond donors (Lipinski definition) is 1. The van der Waals surface area contributed by atoms with Crippen molar-refractivity contribution in [2.45, 2.75) is 6.42 Å². The van der Waals surface area contributed by atoms with E-state index in [0.717, 1.165) is 5.56 Å². The van der Waals surface area contributed by atoms with E-state index in [-0.39, 0.29) is 18.4 Å². The molecular formula is C19H24N4O3. The van der Waals surface area contributed by atoms with E-state index in [4.69, 9.17) is 10.00 Å². The standard InChI is InChI=1S/C19H24N4O3/c1-2-9-21-18(24)14-22-10-12-23(13-11-22)19(25)15-26-17-5-3-16(4-6-17)7-8-20/h2-6H,1,7,9-15H2,(H,21,24). The molecule has 0 aromatic heterocycles. The van der Waals surface area contributed by atoms with Crippen molar-refractivity contribution in [2.75, 3.05) is 45.9 Å². The minimum absolute atomic E-state index is 0.0165. The molecule has 2 amide bonds. The molecule has 1 N–H and O–H groups in total. The van der Waals surface area contributed by atoms with Gasteiger partial charge >= 0.3 is 0 Å². The van der Waals surface area contributed by atoms with Crippen molar-refractivity contribution in [3.63, 3.8) is 0 Å². The normalized spacial score (nSPS) is 14.3. The van der Waals surface area contributed by atoms with Crippen LogP contribution in [0.4, 0.5) is 0 Å². The Hall–Kier alpha value is -2.85. The molecule has 0 atom stereocenters. The summed E-state index contributed by atoms with van der Waals surface area (Å²) >= 11 is 0. The zero-order valence-corrected chi connectivity index (χ0v) is 14.8. The lowest BCUT2D eigenvalue weighted by molar-refractivity contribution is -0.135. The van der Waals surface area contributed by atoms with Gasteiger partial charge in [0, 0.05) is 32.7 Å². The van der Waals surface area contributed by atoms with Gasteiger partial charge in [-0.3, -0.25) is 14.5 Å². The molecule has 0 spiro atoms. The van der Waals surface area contributed by atoms with Gasteiger partial charge in [0.25, 0.3) is 5.91 Å². The van der Waals surface area contributed by atoms with E-state index in [1.807, 2.05) is 17.0 Å². The molecular weight excluding hydrogens is 332 g/mol. The molecule has 1 fully saturated rings. The van der Waals surface area contributed by atoms with Crippen LogP contribution in [0.5, 0.6) is 5.75 Å². The molecule has 7 nitrogen and oxygen atoms in total. The first-order valence-corrected chi connectivity index (χ1v) is 8.59. The number of piperazine rings is 1. The third kappa shape index (κ3) is 6.22. The summed E-state index contributed by atoms with van der Waals surface area (Å²) in [6.07, 6.45) is 2.00. The number of nitrogens with zero attached hydrogens (tertiary/aromatic N) is 3. The van der Waals surface area contributed by atoms with E-state index in [1.165, 1.54) is 0 Å². The zero-order valence-electron chi connectivity index (χ0n) is 14.8. The van der Waals surface area contributed by atoms with Crippen molar-refractivity contribution >= 4 is 11.8 Å². The van der Waals surface area contributed by atoms with Crippen LogP contribution in [-0.2, 0) is 16.0 Å². The fourth-order valence-electron chi connectivity index (χ4n) is 2.63. The second-order valence-electron chi connectivity index (χ2n) is 6.02. The van der Waals surface area contributed by atoms with E-state index in [0.29, 0.717) is 51.4 Å². The van der Waals surface area contributed by atoms with Gasteiger partial charge in [0.1, 0.15) is 5.75 Å². The second-order valence-corrected chi connectivity index (χ2v) is 6.02. The predicted octanol–water partition coefficient (Wildman–Crippen LogP) is 0.578. The first-order chi connectivity index (χ1) is 12.6. The summed E-state index contributed by atoms with van der Waals surface area (Å²) in [6.45, 7) is 6.83. The molecule has 1 saturated heterocycles. The van der Waals surface area contributed by atoms with Gasteiger partial charge in [-0.15, -0.1) is 6.58 Å². The molecule has 1 aliphatic rings. The van der Waals surface area contributed by atoms with Gasteiger partial charge in [0.2, 0.25) is 5.91 Å². The Morgan fingerprint density at radius 1 is 1.23 bits per heavy atom. The van der Waals surface area contributed by atoms with Crippen LogP contribution in [0, 0.1) is 11.3 Å². The van der Waals surface area contributed by atoms with Crippen LogP contribution in [0.25, 0.3) is 0 Å². The lowest BCUT2D eigenvalue weighted by Crippen LogP contribution is -2.52. The average Bonchev–Trinajstić information content (AvgIpc) is 2.66. The summed E-state index contributed by atoms with van der Waals surface area (Å²) in [5.74, 6) is 0.507. The Bertz CT molecular complexity index is 658. The van der Waals surface area contributed by atoms with Crippen LogP contribution in [0.15, 0.2) is 36.9 Å². The van der Waals surface area contributed by atoms with Gasteiger partial charge in [-0.2, -0.15) is 5.26 Å². The van der Waals surface area contributed by atoms with Crippen molar-refractivity contribution in [2.24, 2.45) is 0 Å². The van der Waals surface area contributed by atoms with Crippen molar-refractivity contribution < 1.29 is 14.3 Å². The molecule has 7 heteroatoms. The van der Waals surface area contributed by atoms with Gasteiger partial charge in [0.15, 0.2) is 6.61 Å². The SMILES string of the molecule is C=CCNC(=O)CN1CCN(C(=O)COc2ccc(CC#N)cc2)CC1. The predicted molar refractivity (Wildman–Crippen MR) is 97.5 cm³/mol. The number of hydrogen-bond acceptors (Lipinski definition) is 5. The lowest BCUT2D eigenvalue weighted by atomic mass is 10.2. The lowest BCUT2D eigenvalue weighted by Gasteiger charge is -2.34. The minimum Gasteiger partial charge on any atom is -0.484 e. The quantitative estimate of drug-likeness (QED) is 0.689. The van der Waals surface area contributed by atoms with Gasteiger partial charge in [-0.05, 0) is 17.7 Å². The van der Waals surface area contributed by atoms with E-state index < -0.39 is 0 Å². The highest BCUT2D eigenvalue weighted by molar-refractivity contribution is 5.79. The number of amides is 2. The second kappa shape index (κ2) is 10.2. The van der Waals surface area contributed by atoms with Crippen LogP contribution in [0.1, 0.15) is 5.56 Å². The third-order valence-corrected chi connectivity index (χ3v) is 4.10. The Balaban J connectivity index is 1.70. The highest BCUT2D eigenvalue weighted by Crippen LogP contribution is 2.13. The van der Waals surface area contributed by atoms with Crippen LogP contribution >= 0.6 is 0 Å². The maximum absolute atomic E-state index is 12.3. The summed E-state index contributed by atoms with van der Waals surface area (Å²) in [5.41, 5.74) is 0.916. The molecule has 1 aliphatic heterocycles. The summed E-state index contributed by atoms with van der Waals surface area (Å²) in [5, 5.41) is 11.4. The van der Waals surface area contributed by atoms with Gasteiger partial charge < -0.3 is 15.0 Å². The first kappa shape index (κ1) is 19.5. The molecule has 2 rings (SSSR count). The Morgan fingerprint density at radius 2 is 1.92 bits per heavy atom. The minimum atomic E-state index is -0.0677.